The molecule has 118 valence electrons. The van der Waals surface area contributed by atoms with Gasteiger partial charge in [-0.1, -0.05) is 0 Å². The van der Waals surface area contributed by atoms with Crippen molar-refractivity contribution in [2.45, 2.75) is 12.8 Å². The molecule has 0 saturated heterocycles. The fourth-order valence-corrected chi connectivity index (χ4v) is 2.12. The van der Waals surface area contributed by atoms with Gasteiger partial charge < -0.3 is 15.3 Å². The Morgan fingerprint density at radius 2 is 1.77 bits per heavy atom. The molecule has 0 unspecified atom stereocenters. The second kappa shape index (κ2) is 5.70. The summed E-state index contributed by atoms with van der Waals surface area (Å²) in [4.78, 5) is 35.8. The number of carboxylic acid groups (broad SMARTS) is 1. The van der Waals surface area contributed by atoms with E-state index in [1.54, 1.807) is 0 Å². The summed E-state index contributed by atoms with van der Waals surface area (Å²) >= 11 is 0. The van der Waals surface area contributed by atoms with Crippen molar-refractivity contribution in [1.82, 2.24) is 4.90 Å². The Morgan fingerprint density at radius 3 is 2.23 bits per heavy atom. The van der Waals surface area contributed by atoms with E-state index in [0.29, 0.717) is 6.07 Å². The highest BCUT2D eigenvalue weighted by molar-refractivity contribution is 6.06. The van der Waals surface area contributed by atoms with Gasteiger partial charge in [-0.25, -0.2) is 8.78 Å². The van der Waals surface area contributed by atoms with E-state index in [1.807, 2.05) is 0 Å². The second-order valence-electron chi connectivity index (χ2n) is 5.25. The molecule has 1 saturated carbocycles. The van der Waals surface area contributed by atoms with Gasteiger partial charge in [-0.3, -0.25) is 14.4 Å². The highest BCUT2D eigenvalue weighted by atomic mass is 19.1. The van der Waals surface area contributed by atoms with E-state index in [9.17, 15) is 23.2 Å². The molecule has 0 aromatic heterocycles. The van der Waals surface area contributed by atoms with Crippen LogP contribution in [0.3, 0.4) is 0 Å². The molecule has 1 fully saturated rings. The molecule has 0 heterocycles. The van der Waals surface area contributed by atoms with Gasteiger partial charge in [-0.05, 0) is 25.0 Å². The molecule has 2 rings (SSSR count). The van der Waals surface area contributed by atoms with Gasteiger partial charge in [0.15, 0.2) is 0 Å². The smallest absolute Gasteiger partial charge is 0.319 e. The van der Waals surface area contributed by atoms with Gasteiger partial charge in [-0.2, -0.15) is 0 Å². The summed E-state index contributed by atoms with van der Waals surface area (Å²) in [5.74, 6) is -4.23. The van der Waals surface area contributed by atoms with E-state index in [0.717, 1.165) is 17.0 Å². The van der Waals surface area contributed by atoms with Crippen molar-refractivity contribution >= 4 is 23.5 Å². The van der Waals surface area contributed by atoms with Crippen LogP contribution in [-0.4, -0.2) is 41.4 Å². The molecule has 1 aromatic carbocycles. The van der Waals surface area contributed by atoms with Gasteiger partial charge in [0, 0.05) is 18.8 Å². The number of carbonyl (C=O) groups is 3. The lowest BCUT2D eigenvalue weighted by atomic mass is 10.1. The maximum Gasteiger partial charge on any atom is 0.319 e. The van der Waals surface area contributed by atoms with Crippen LogP contribution in [0.4, 0.5) is 14.5 Å². The molecule has 1 aromatic rings. The maximum absolute atomic E-state index is 13.0. The Bertz CT molecular complexity index is 623. The number of aliphatic carboxylic acids is 1. The summed E-state index contributed by atoms with van der Waals surface area (Å²) in [6.45, 7) is -0.411. The standard InChI is InChI=1S/C14H14F2N2O4/c1-18(12(20)14(2-3-14)13(21)22)7-11(19)17-10-5-8(15)4-9(16)6-10/h4-6H,2-3,7H2,1H3,(H,17,19)(H,21,22). The monoisotopic (exact) mass is 312 g/mol. The number of anilines is 1. The van der Waals surface area contributed by atoms with Crippen LogP contribution in [0.15, 0.2) is 18.2 Å². The zero-order valence-corrected chi connectivity index (χ0v) is 11.7. The fraction of sp³-hybridized carbons (Fsp3) is 0.357. The molecular weight excluding hydrogens is 298 g/mol. The molecule has 0 atom stereocenters. The average molecular weight is 312 g/mol. The Hall–Kier alpha value is -2.51. The molecule has 0 aliphatic heterocycles. The minimum absolute atomic E-state index is 0.0808. The SMILES string of the molecule is CN(CC(=O)Nc1cc(F)cc(F)c1)C(=O)C1(C(=O)O)CC1. The molecule has 2 amide bonds. The summed E-state index contributed by atoms with van der Waals surface area (Å²) in [5.41, 5.74) is -1.51. The summed E-state index contributed by atoms with van der Waals surface area (Å²) in [7, 11) is 1.30. The van der Waals surface area contributed by atoms with E-state index in [-0.39, 0.29) is 18.5 Å². The van der Waals surface area contributed by atoms with Crippen molar-refractivity contribution in [3.8, 4) is 0 Å². The summed E-state index contributed by atoms with van der Waals surface area (Å²) < 4.78 is 26.0. The fourth-order valence-electron chi connectivity index (χ4n) is 2.12. The zero-order valence-electron chi connectivity index (χ0n) is 11.7. The van der Waals surface area contributed by atoms with E-state index < -0.39 is 41.4 Å². The van der Waals surface area contributed by atoms with Crippen molar-refractivity contribution in [2.75, 3.05) is 18.9 Å². The first kappa shape index (κ1) is 15.9. The first-order valence-corrected chi connectivity index (χ1v) is 6.49. The molecule has 2 N–H and O–H groups in total. The van der Waals surface area contributed by atoms with Gasteiger partial charge in [0.1, 0.15) is 17.0 Å². The molecule has 22 heavy (non-hydrogen) atoms. The third-order valence-electron chi connectivity index (χ3n) is 3.44. The first-order chi connectivity index (χ1) is 10.2. The van der Waals surface area contributed by atoms with Gasteiger partial charge in [0.2, 0.25) is 11.8 Å². The zero-order chi connectivity index (χ0) is 16.5. The van der Waals surface area contributed by atoms with Gasteiger partial charge in [-0.15, -0.1) is 0 Å². The molecule has 0 bridgehead atoms. The minimum Gasteiger partial charge on any atom is -0.480 e. The third-order valence-corrected chi connectivity index (χ3v) is 3.44. The molecule has 0 spiro atoms. The first-order valence-electron chi connectivity index (χ1n) is 6.49. The highest BCUT2D eigenvalue weighted by Gasteiger charge is 2.58. The normalized spacial score (nSPS) is 15.0. The lowest BCUT2D eigenvalue weighted by Crippen LogP contribution is -2.42. The Labute approximate surface area is 124 Å². The number of rotatable bonds is 5. The Kier molecular flexibility index (Phi) is 4.11. The molecule has 1 aliphatic rings. The molecule has 8 heteroatoms. The van der Waals surface area contributed by atoms with Gasteiger partial charge >= 0.3 is 5.97 Å². The Morgan fingerprint density at radius 1 is 1.23 bits per heavy atom. The van der Waals surface area contributed by atoms with Crippen LogP contribution in [-0.2, 0) is 14.4 Å². The molecule has 1 aliphatic carbocycles. The average Bonchev–Trinajstić information content (AvgIpc) is 3.17. The van der Waals surface area contributed by atoms with Crippen LogP contribution in [0.5, 0.6) is 0 Å². The van der Waals surface area contributed by atoms with Crippen LogP contribution in [0, 0.1) is 17.0 Å². The van der Waals surface area contributed by atoms with Gasteiger partial charge in [0.25, 0.3) is 0 Å². The number of nitrogens with zero attached hydrogens (tertiary/aromatic N) is 1. The highest BCUT2D eigenvalue weighted by Crippen LogP contribution is 2.47. The number of amides is 2. The largest absolute Gasteiger partial charge is 0.480 e. The number of benzene rings is 1. The summed E-state index contributed by atoms with van der Waals surface area (Å²) in [5, 5.41) is 11.3. The number of likely N-dealkylation sites (N-methyl/N-ethyl adjacent to an activating group) is 1. The van der Waals surface area contributed by atoms with Crippen molar-refractivity contribution in [1.29, 1.82) is 0 Å². The van der Waals surface area contributed by atoms with Crippen molar-refractivity contribution in [3.05, 3.63) is 29.8 Å². The van der Waals surface area contributed by atoms with Gasteiger partial charge in [0.05, 0.1) is 6.54 Å². The molecular formula is C14H14F2N2O4. The lowest BCUT2D eigenvalue weighted by molar-refractivity contribution is -0.153. The number of nitrogens with one attached hydrogen (secondary N) is 1. The number of hydrogen-bond donors (Lipinski definition) is 2. The molecule has 0 radical (unpaired) electrons. The van der Waals surface area contributed by atoms with E-state index in [1.165, 1.54) is 7.05 Å². The quantitative estimate of drug-likeness (QED) is 0.801. The van der Waals surface area contributed by atoms with Crippen molar-refractivity contribution < 1.29 is 28.3 Å². The summed E-state index contributed by atoms with van der Waals surface area (Å²) in [6.07, 6.45) is 0.477. The van der Waals surface area contributed by atoms with Crippen molar-refractivity contribution in [2.24, 2.45) is 5.41 Å². The van der Waals surface area contributed by atoms with Crippen molar-refractivity contribution in [3.63, 3.8) is 0 Å². The van der Waals surface area contributed by atoms with Crippen LogP contribution < -0.4 is 5.32 Å². The maximum atomic E-state index is 13.0. The van der Waals surface area contributed by atoms with Crippen LogP contribution in [0.25, 0.3) is 0 Å². The predicted molar refractivity (Wildman–Crippen MR) is 71.9 cm³/mol. The van der Waals surface area contributed by atoms with Crippen LogP contribution >= 0.6 is 0 Å². The number of carboxylic acids is 1. The van der Waals surface area contributed by atoms with E-state index in [4.69, 9.17) is 5.11 Å². The minimum atomic E-state index is -1.43. The number of hydrogen-bond acceptors (Lipinski definition) is 3. The summed E-state index contributed by atoms with van der Waals surface area (Å²) in [6, 6.07) is 2.53. The topological polar surface area (TPSA) is 86.7 Å². The number of carbonyl (C=O) groups excluding carboxylic acids is 2. The van der Waals surface area contributed by atoms with E-state index >= 15 is 0 Å². The third kappa shape index (κ3) is 3.21. The lowest BCUT2D eigenvalue weighted by Gasteiger charge is -2.20. The predicted octanol–water partition coefficient (Wildman–Crippen LogP) is 1.23. The Balaban J connectivity index is 1.97. The number of halogens is 2. The van der Waals surface area contributed by atoms with E-state index in [2.05, 4.69) is 5.32 Å². The molecule has 6 nitrogen and oxygen atoms in total. The van der Waals surface area contributed by atoms with Crippen LogP contribution in [0.2, 0.25) is 0 Å². The second-order valence-corrected chi connectivity index (χ2v) is 5.25. The van der Waals surface area contributed by atoms with Crippen LogP contribution in [0.1, 0.15) is 12.8 Å².